The number of nitrogens with zero attached hydrogens (tertiary/aromatic N) is 2. The lowest BCUT2D eigenvalue weighted by Crippen LogP contribution is -2.17. The molecule has 3 aromatic rings. The van der Waals surface area contributed by atoms with Gasteiger partial charge in [0.05, 0.1) is 24.6 Å². The molecule has 0 saturated heterocycles. The summed E-state index contributed by atoms with van der Waals surface area (Å²) >= 11 is 1.18. The number of hydrogen-bond acceptors (Lipinski definition) is 7. The van der Waals surface area contributed by atoms with Gasteiger partial charge in [0.25, 0.3) is 5.91 Å². The second-order valence-electron chi connectivity index (χ2n) is 4.51. The van der Waals surface area contributed by atoms with Gasteiger partial charge >= 0.3 is 6.09 Å². The standard InChI is InChI=1S/C15H12N4O4S/c1-22-15(21)16-10-6-3-2-5-9(10)12(20)17-14-19-18-13(24-14)11-7-4-8-23-11/h2-8H,1H3,(H,16,21)(H,17,19,20). The number of rotatable bonds is 4. The predicted molar refractivity (Wildman–Crippen MR) is 88.0 cm³/mol. The topological polar surface area (TPSA) is 106 Å². The van der Waals surface area contributed by atoms with Crippen LogP contribution >= 0.6 is 11.3 Å². The van der Waals surface area contributed by atoms with Gasteiger partial charge in [0, 0.05) is 0 Å². The molecule has 2 aromatic heterocycles. The highest BCUT2D eigenvalue weighted by atomic mass is 32.1. The zero-order valence-electron chi connectivity index (χ0n) is 12.5. The van der Waals surface area contributed by atoms with Crippen LogP contribution in [-0.2, 0) is 4.74 Å². The summed E-state index contributed by atoms with van der Waals surface area (Å²) in [6, 6.07) is 10.1. The van der Waals surface area contributed by atoms with Crippen LogP contribution in [0.5, 0.6) is 0 Å². The first-order valence-electron chi connectivity index (χ1n) is 6.80. The molecule has 2 amide bonds. The maximum absolute atomic E-state index is 12.4. The molecule has 0 fully saturated rings. The van der Waals surface area contributed by atoms with E-state index >= 15 is 0 Å². The fraction of sp³-hybridized carbons (Fsp3) is 0.0667. The van der Waals surface area contributed by atoms with Crippen molar-refractivity contribution in [2.24, 2.45) is 0 Å². The van der Waals surface area contributed by atoms with E-state index in [1.807, 2.05) is 0 Å². The van der Waals surface area contributed by atoms with Gasteiger partial charge in [-0.1, -0.05) is 23.5 Å². The van der Waals surface area contributed by atoms with Gasteiger partial charge in [-0.15, -0.1) is 10.2 Å². The molecule has 2 N–H and O–H groups in total. The van der Waals surface area contributed by atoms with E-state index in [1.54, 1.807) is 36.4 Å². The Balaban J connectivity index is 1.77. The fourth-order valence-electron chi connectivity index (χ4n) is 1.89. The van der Waals surface area contributed by atoms with Crippen LogP contribution in [0.15, 0.2) is 47.1 Å². The first kappa shape index (κ1) is 15.7. The number of nitrogens with one attached hydrogen (secondary N) is 2. The Morgan fingerprint density at radius 1 is 1.12 bits per heavy atom. The van der Waals surface area contributed by atoms with E-state index in [9.17, 15) is 9.59 Å². The van der Waals surface area contributed by atoms with Crippen LogP contribution in [0.1, 0.15) is 10.4 Å². The minimum Gasteiger partial charge on any atom is -0.462 e. The van der Waals surface area contributed by atoms with Gasteiger partial charge in [0.2, 0.25) is 5.13 Å². The van der Waals surface area contributed by atoms with Crippen LogP contribution in [0, 0.1) is 0 Å². The Morgan fingerprint density at radius 3 is 2.71 bits per heavy atom. The van der Waals surface area contributed by atoms with Gasteiger partial charge in [-0.2, -0.15) is 0 Å². The van der Waals surface area contributed by atoms with Crippen LogP contribution in [0.2, 0.25) is 0 Å². The van der Waals surface area contributed by atoms with Gasteiger partial charge in [-0.3, -0.25) is 15.4 Å². The quantitative estimate of drug-likeness (QED) is 0.752. The predicted octanol–water partition coefficient (Wildman–Crippen LogP) is 3.23. The lowest BCUT2D eigenvalue weighted by atomic mass is 10.1. The van der Waals surface area contributed by atoms with Crippen molar-refractivity contribution in [2.45, 2.75) is 0 Å². The molecule has 0 aliphatic rings. The van der Waals surface area contributed by atoms with Crippen LogP contribution in [0.25, 0.3) is 10.8 Å². The molecule has 3 rings (SSSR count). The highest BCUT2D eigenvalue weighted by Gasteiger charge is 2.16. The van der Waals surface area contributed by atoms with E-state index in [2.05, 4.69) is 25.6 Å². The summed E-state index contributed by atoms with van der Waals surface area (Å²) in [6.07, 6.45) is 0.871. The number of carbonyl (C=O) groups excluding carboxylic acids is 2. The lowest BCUT2D eigenvalue weighted by molar-refractivity contribution is 0.102. The summed E-state index contributed by atoms with van der Waals surface area (Å²) in [5.41, 5.74) is 0.607. The second kappa shape index (κ2) is 6.92. The maximum atomic E-state index is 12.4. The Labute approximate surface area is 140 Å². The molecular weight excluding hydrogens is 332 g/mol. The molecule has 0 aliphatic heterocycles. The molecule has 122 valence electrons. The number of ether oxygens (including phenoxy) is 1. The van der Waals surface area contributed by atoms with Crippen LogP contribution < -0.4 is 10.6 Å². The van der Waals surface area contributed by atoms with Crippen LogP contribution in [0.3, 0.4) is 0 Å². The largest absolute Gasteiger partial charge is 0.462 e. The third kappa shape index (κ3) is 3.41. The summed E-state index contributed by atoms with van der Waals surface area (Å²) in [4.78, 5) is 23.8. The number of hydrogen-bond donors (Lipinski definition) is 2. The molecule has 0 radical (unpaired) electrons. The summed E-state index contributed by atoms with van der Waals surface area (Å²) in [6.45, 7) is 0. The lowest BCUT2D eigenvalue weighted by Gasteiger charge is -2.09. The van der Waals surface area contributed by atoms with E-state index in [0.717, 1.165) is 0 Å². The average molecular weight is 344 g/mol. The highest BCUT2D eigenvalue weighted by molar-refractivity contribution is 7.18. The van der Waals surface area contributed by atoms with Crippen molar-refractivity contribution in [2.75, 3.05) is 17.7 Å². The summed E-state index contributed by atoms with van der Waals surface area (Å²) in [7, 11) is 1.25. The van der Waals surface area contributed by atoms with Gasteiger partial charge in [-0.05, 0) is 24.3 Å². The normalized spacial score (nSPS) is 10.2. The SMILES string of the molecule is COC(=O)Nc1ccccc1C(=O)Nc1nnc(-c2ccco2)s1. The van der Waals surface area contributed by atoms with Crippen molar-refractivity contribution in [1.29, 1.82) is 0 Å². The number of amides is 2. The minimum absolute atomic E-state index is 0.276. The molecule has 2 heterocycles. The smallest absolute Gasteiger partial charge is 0.411 e. The number of methoxy groups -OCH3 is 1. The van der Waals surface area contributed by atoms with Crippen molar-refractivity contribution in [3.63, 3.8) is 0 Å². The number of aromatic nitrogens is 2. The van der Waals surface area contributed by atoms with Gasteiger partial charge in [0.1, 0.15) is 0 Å². The third-order valence-corrected chi connectivity index (χ3v) is 3.82. The summed E-state index contributed by atoms with van der Waals surface area (Å²) in [5, 5.41) is 13.9. The monoisotopic (exact) mass is 344 g/mol. The Morgan fingerprint density at radius 2 is 1.96 bits per heavy atom. The summed E-state index contributed by atoms with van der Waals surface area (Å²) in [5.74, 6) is 0.143. The molecule has 0 bridgehead atoms. The van der Waals surface area contributed by atoms with Crippen molar-refractivity contribution in [3.05, 3.63) is 48.2 Å². The Bertz CT molecular complexity index is 860. The Kier molecular flexibility index (Phi) is 4.52. The molecular formula is C15H12N4O4S. The number of benzene rings is 1. The third-order valence-electron chi connectivity index (χ3n) is 2.97. The number of furan rings is 1. The first-order chi connectivity index (χ1) is 11.7. The van der Waals surface area contributed by atoms with Gasteiger partial charge in [-0.25, -0.2) is 4.79 Å². The Hall–Kier alpha value is -3.20. The summed E-state index contributed by atoms with van der Waals surface area (Å²) < 4.78 is 9.77. The average Bonchev–Trinajstić information content (AvgIpc) is 3.26. The van der Waals surface area contributed by atoms with E-state index in [-0.39, 0.29) is 5.56 Å². The van der Waals surface area contributed by atoms with E-state index in [1.165, 1.54) is 24.7 Å². The second-order valence-corrected chi connectivity index (χ2v) is 5.48. The zero-order chi connectivity index (χ0) is 16.9. The minimum atomic E-state index is -0.661. The van der Waals surface area contributed by atoms with E-state index in [0.29, 0.717) is 21.6 Å². The molecule has 24 heavy (non-hydrogen) atoms. The molecule has 9 heteroatoms. The number of para-hydroxylation sites is 1. The van der Waals surface area contributed by atoms with Gasteiger partial charge < -0.3 is 9.15 Å². The van der Waals surface area contributed by atoms with E-state index in [4.69, 9.17) is 4.42 Å². The number of anilines is 2. The highest BCUT2D eigenvalue weighted by Crippen LogP contribution is 2.27. The fourth-order valence-corrected chi connectivity index (χ4v) is 2.60. The van der Waals surface area contributed by atoms with Crippen molar-refractivity contribution >= 4 is 34.2 Å². The van der Waals surface area contributed by atoms with Crippen molar-refractivity contribution < 1.29 is 18.7 Å². The number of carbonyl (C=O) groups is 2. The van der Waals surface area contributed by atoms with Gasteiger partial charge in [0.15, 0.2) is 10.8 Å². The molecule has 0 unspecified atom stereocenters. The molecule has 0 spiro atoms. The van der Waals surface area contributed by atoms with Crippen molar-refractivity contribution in [1.82, 2.24) is 10.2 Å². The zero-order valence-corrected chi connectivity index (χ0v) is 13.3. The first-order valence-corrected chi connectivity index (χ1v) is 7.62. The molecule has 0 aliphatic carbocycles. The molecule has 1 aromatic carbocycles. The molecule has 8 nitrogen and oxygen atoms in total. The molecule has 0 saturated carbocycles. The van der Waals surface area contributed by atoms with Crippen molar-refractivity contribution in [3.8, 4) is 10.8 Å². The van der Waals surface area contributed by atoms with Crippen LogP contribution in [-0.4, -0.2) is 29.3 Å². The molecule has 0 atom stereocenters. The van der Waals surface area contributed by atoms with Crippen LogP contribution in [0.4, 0.5) is 15.6 Å². The van der Waals surface area contributed by atoms with E-state index < -0.39 is 12.0 Å². The maximum Gasteiger partial charge on any atom is 0.411 e.